The molecule has 2 saturated heterocycles. The van der Waals surface area contributed by atoms with Crippen molar-refractivity contribution in [3.05, 3.63) is 65.6 Å². The minimum Gasteiger partial charge on any atom is -0.487 e. The summed E-state index contributed by atoms with van der Waals surface area (Å²) in [4.78, 5) is 40.7. The second-order valence-electron chi connectivity index (χ2n) is 7.35. The van der Waals surface area contributed by atoms with E-state index < -0.39 is 11.1 Å². The van der Waals surface area contributed by atoms with E-state index in [0.717, 1.165) is 40.7 Å². The number of halogens is 2. The molecule has 2 heterocycles. The summed E-state index contributed by atoms with van der Waals surface area (Å²) in [5, 5.41) is -0.430. The van der Waals surface area contributed by atoms with Crippen LogP contribution in [0.5, 0.6) is 5.75 Å². The summed E-state index contributed by atoms with van der Waals surface area (Å²) in [5.41, 5.74) is 1.87. The van der Waals surface area contributed by atoms with Gasteiger partial charge in [-0.25, -0.2) is 0 Å². The lowest BCUT2D eigenvalue weighted by Gasteiger charge is -2.28. The van der Waals surface area contributed by atoms with E-state index in [9.17, 15) is 14.4 Å². The van der Waals surface area contributed by atoms with Crippen molar-refractivity contribution < 1.29 is 23.9 Å². The number of rotatable bonds is 6. The predicted molar refractivity (Wildman–Crippen MR) is 143 cm³/mol. The Morgan fingerprint density at radius 2 is 1.76 bits per heavy atom. The number of hydrogen-bond acceptors (Lipinski definition) is 6. The minimum absolute atomic E-state index is 0.245. The first-order valence-corrected chi connectivity index (χ1v) is 13.2. The molecule has 0 saturated carbocycles. The van der Waals surface area contributed by atoms with Gasteiger partial charge in [-0.2, -0.15) is 0 Å². The van der Waals surface area contributed by atoms with E-state index in [4.69, 9.17) is 9.47 Å². The Morgan fingerprint density at radius 3 is 2.42 bits per heavy atom. The highest BCUT2D eigenvalue weighted by molar-refractivity contribution is 14.1. The quantitative estimate of drug-likeness (QED) is 0.332. The molecule has 7 nitrogen and oxygen atoms in total. The largest absolute Gasteiger partial charge is 0.487 e. The normalized spacial score (nSPS) is 17.7. The lowest BCUT2D eigenvalue weighted by Crippen LogP contribution is -2.46. The van der Waals surface area contributed by atoms with Crippen molar-refractivity contribution in [3.63, 3.8) is 0 Å². The summed E-state index contributed by atoms with van der Waals surface area (Å²) in [6.07, 6.45) is 1.69. The third kappa shape index (κ3) is 6.08. The van der Waals surface area contributed by atoms with E-state index in [2.05, 4.69) is 45.2 Å². The number of thioether (sulfide) groups is 1. The minimum atomic E-state index is -0.443. The summed E-state index contributed by atoms with van der Waals surface area (Å²) in [7, 11) is 0. The second-order valence-corrected chi connectivity index (χ2v) is 10.7. The standard InChI is InChI=1S/C23H20I2N2O5S/c24-17-10-16(11-18(25)21(17)32-14-15-4-2-1-3-5-15)12-19-22(29)27(23(30)33-19)13-20(28)26-6-8-31-9-7-26/h1-5,10-12H,6-9,13-14H2/b19-12+. The molecule has 3 amide bonds. The first-order chi connectivity index (χ1) is 15.9. The molecule has 0 unspecified atom stereocenters. The monoisotopic (exact) mass is 690 g/mol. The number of carbonyl (C=O) groups is 3. The van der Waals surface area contributed by atoms with Gasteiger partial charge < -0.3 is 14.4 Å². The number of amides is 3. The van der Waals surface area contributed by atoms with Crippen LogP contribution < -0.4 is 4.74 Å². The summed E-state index contributed by atoms with van der Waals surface area (Å²) >= 11 is 5.27. The van der Waals surface area contributed by atoms with Gasteiger partial charge in [-0.15, -0.1) is 0 Å². The number of ether oxygens (including phenoxy) is 2. The summed E-state index contributed by atoms with van der Waals surface area (Å²) < 4.78 is 13.1. The molecule has 0 spiro atoms. The molecule has 172 valence electrons. The average molecular weight is 690 g/mol. The fourth-order valence-corrected chi connectivity index (χ4v) is 6.33. The van der Waals surface area contributed by atoms with Crippen LogP contribution in [-0.2, 0) is 20.9 Å². The first-order valence-electron chi connectivity index (χ1n) is 10.2. The molecule has 33 heavy (non-hydrogen) atoms. The molecule has 4 rings (SSSR count). The van der Waals surface area contributed by atoms with Crippen LogP contribution in [0.4, 0.5) is 4.79 Å². The maximum atomic E-state index is 12.8. The van der Waals surface area contributed by atoms with E-state index in [1.54, 1.807) is 11.0 Å². The molecular weight excluding hydrogens is 670 g/mol. The van der Waals surface area contributed by atoms with Crippen LogP contribution in [-0.4, -0.2) is 59.7 Å². The molecule has 2 fully saturated rings. The van der Waals surface area contributed by atoms with Crippen molar-refractivity contribution in [2.75, 3.05) is 32.8 Å². The van der Waals surface area contributed by atoms with E-state index in [1.165, 1.54) is 0 Å². The molecule has 0 atom stereocenters. The molecular formula is C23H20I2N2O5S. The van der Waals surface area contributed by atoms with Crippen LogP contribution in [0.2, 0.25) is 0 Å². The van der Waals surface area contributed by atoms with E-state index in [1.807, 2.05) is 42.5 Å². The summed E-state index contributed by atoms with van der Waals surface area (Å²) in [5.74, 6) is 0.0910. The fourth-order valence-electron chi connectivity index (χ4n) is 3.37. The van der Waals surface area contributed by atoms with Crippen molar-refractivity contribution in [2.45, 2.75) is 6.61 Å². The molecule has 10 heteroatoms. The van der Waals surface area contributed by atoms with Crippen LogP contribution in [0.25, 0.3) is 6.08 Å². The summed E-state index contributed by atoms with van der Waals surface area (Å²) in [6.45, 7) is 2.10. The van der Waals surface area contributed by atoms with Gasteiger partial charge in [0.25, 0.3) is 11.1 Å². The van der Waals surface area contributed by atoms with Crippen LogP contribution in [0.1, 0.15) is 11.1 Å². The van der Waals surface area contributed by atoms with Crippen LogP contribution in [0.3, 0.4) is 0 Å². The van der Waals surface area contributed by atoms with Gasteiger partial charge in [-0.3, -0.25) is 19.3 Å². The first kappa shape index (κ1) is 24.5. The number of morpholine rings is 1. The molecule has 2 aromatic rings. The Labute approximate surface area is 223 Å². The predicted octanol–water partition coefficient (Wildman–Crippen LogP) is 4.37. The molecule has 2 aliphatic rings. The molecule has 0 aliphatic carbocycles. The van der Waals surface area contributed by atoms with Gasteiger partial charge in [0.05, 0.1) is 25.3 Å². The maximum absolute atomic E-state index is 12.8. The highest BCUT2D eigenvalue weighted by Gasteiger charge is 2.37. The molecule has 2 aromatic carbocycles. The van der Waals surface area contributed by atoms with E-state index in [-0.39, 0.29) is 12.5 Å². The van der Waals surface area contributed by atoms with Crippen LogP contribution >= 0.6 is 56.9 Å². The third-order valence-electron chi connectivity index (χ3n) is 5.08. The Hall–Kier alpha value is -1.64. The fraction of sp³-hybridized carbons (Fsp3) is 0.261. The number of imide groups is 1. The zero-order chi connectivity index (χ0) is 23.4. The van der Waals surface area contributed by atoms with Crippen LogP contribution in [0, 0.1) is 7.14 Å². The zero-order valence-electron chi connectivity index (χ0n) is 17.5. The van der Waals surface area contributed by atoms with Crippen LogP contribution in [0.15, 0.2) is 47.4 Å². The van der Waals surface area contributed by atoms with Gasteiger partial charge in [-0.1, -0.05) is 30.3 Å². The molecule has 0 aromatic heterocycles. The van der Waals surface area contributed by atoms with Crippen molar-refractivity contribution in [1.29, 1.82) is 0 Å². The Kier molecular flexibility index (Phi) is 8.30. The average Bonchev–Trinajstić information content (AvgIpc) is 3.07. The number of nitrogens with zero attached hydrogens (tertiary/aromatic N) is 2. The topological polar surface area (TPSA) is 76.2 Å². The lowest BCUT2D eigenvalue weighted by atomic mass is 10.2. The second kappa shape index (κ2) is 11.2. The highest BCUT2D eigenvalue weighted by atomic mass is 127. The molecule has 0 bridgehead atoms. The van der Waals surface area contributed by atoms with Gasteiger partial charge in [-0.05, 0) is 86.3 Å². The van der Waals surface area contributed by atoms with Gasteiger partial charge in [0.2, 0.25) is 5.91 Å². The Morgan fingerprint density at radius 1 is 1.09 bits per heavy atom. The van der Waals surface area contributed by atoms with Gasteiger partial charge in [0, 0.05) is 13.1 Å². The number of carbonyl (C=O) groups excluding carboxylic acids is 3. The van der Waals surface area contributed by atoms with E-state index in [0.29, 0.717) is 37.8 Å². The van der Waals surface area contributed by atoms with Gasteiger partial charge in [0.15, 0.2) is 0 Å². The molecule has 2 aliphatic heterocycles. The van der Waals surface area contributed by atoms with Gasteiger partial charge >= 0.3 is 0 Å². The Bertz CT molecular complexity index is 1080. The van der Waals surface area contributed by atoms with Crippen molar-refractivity contribution in [2.24, 2.45) is 0 Å². The highest BCUT2D eigenvalue weighted by Crippen LogP contribution is 2.35. The van der Waals surface area contributed by atoms with Gasteiger partial charge in [0.1, 0.15) is 18.9 Å². The number of hydrogen-bond donors (Lipinski definition) is 0. The SMILES string of the molecule is O=C(CN1C(=O)S/C(=C/c2cc(I)c(OCc3ccccc3)c(I)c2)C1=O)N1CCOCC1. The van der Waals surface area contributed by atoms with Crippen molar-refractivity contribution >= 4 is 80.1 Å². The Balaban J connectivity index is 1.45. The maximum Gasteiger partial charge on any atom is 0.294 e. The smallest absolute Gasteiger partial charge is 0.294 e. The zero-order valence-corrected chi connectivity index (χ0v) is 22.6. The molecule has 0 N–H and O–H groups in total. The lowest BCUT2D eigenvalue weighted by molar-refractivity contribution is -0.139. The van der Waals surface area contributed by atoms with Crippen molar-refractivity contribution in [3.8, 4) is 5.75 Å². The molecule has 0 radical (unpaired) electrons. The summed E-state index contributed by atoms with van der Waals surface area (Å²) in [6, 6.07) is 13.7. The third-order valence-corrected chi connectivity index (χ3v) is 7.59. The van der Waals surface area contributed by atoms with Crippen molar-refractivity contribution in [1.82, 2.24) is 9.80 Å². The van der Waals surface area contributed by atoms with E-state index >= 15 is 0 Å². The number of benzene rings is 2.